The van der Waals surface area contributed by atoms with Gasteiger partial charge in [0.15, 0.2) is 0 Å². The van der Waals surface area contributed by atoms with Crippen molar-refractivity contribution in [2.45, 2.75) is 12.8 Å². The van der Waals surface area contributed by atoms with Gasteiger partial charge < -0.3 is 9.84 Å². The van der Waals surface area contributed by atoms with Crippen molar-refractivity contribution in [2.75, 3.05) is 7.11 Å². The third-order valence-electron chi connectivity index (χ3n) is 2.75. The molecule has 0 bridgehead atoms. The number of hydrogen-bond acceptors (Lipinski definition) is 4. The molecule has 2 aromatic rings. The van der Waals surface area contributed by atoms with E-state index in [0.29, 0.717) is 18.7 Å². The van der Waals surface area contributed by atoms with E-state index in [9.17, 15) is 9.90 Å². The number of hydrogen-bond donors (Lipinski definition) is 1. The Morgan fingerprint density at radius 1 is 1.16 bits per heavy atom. The number of rotatable bonds is 5. The zero-order chi connectivity index (χ0) is 13.7. The van der Waals surface area contributed by atoms with E-state index in [-0.39, 0.29) is 11.5 Å². The van der Waals surface area contributed by atoms with E-state index in [0.717, 1.165) is 11.1 Å². The third kappa shape index (κ3) is 3.81. The minimum atomic E-state index is 0.110. The molecule has 1 N–H and O–H groups in total. The van der Waals surface area contributed by atoms with Crippen LogP contribution >= 0.6 is 0 Å². The van der Waals surface area contributed by atoms with E-state index in [1.165, 1.54) is 0 Å². The van der Waals surface area contributed by atoms with Crippen molar-refractivity contribution >= 4 is 5.78 Å². The summed E-state index contributed by atoms with van der Waals surface area (Å²) < 4.78 is 5.02. The van der Waals surface area contributed by atoms with Crippen molar-refractivity contribution in [2.24, 2.45) is 0 Å². The molecule has 0 amide bonds. The summed E-state index contributed by atoms with van der Waals surface area (Å²) >= 11 is 0. The largest absolute Gasteiger partial charge is 0.508 e. The molecule has 0 saturated heterocycles. The van der Waals surface area contributed by atoms with Crippen molar-refractivity contribution < 1.29 is 14.6 Å². The number of phenolic OH excluding ortho intramolecular Hbond substituents is 1. The molecule has 0 atom stereocenters. The van der Waals surface area contributed by atoms with Crippen LogP contribution in [0.2, 0.25) is 0 Å². The number of methoxy groups -OCH3 is 1. The number of carbonyl (C=O) groups excluding carboxylic acids is 1. The molecule has 1 heterocycles. The number of aromatic hydroxyl groups is 1. The quantitative estimate of drug-likeness (QED) is 0.891. The van der Waals surface area contributed by atoms with Crippen LogP contribution in [0.4, 0.5) is 0 Å². The Morgan fingerprint density at radius 2 is 1.84 bits per heavy atom. The zero-order valence-electron chi connectivity index (χ0n) is 10.7. The summed E-state index contributed by atoms with van der Waals surface area (Å²) in [5.74, 6) is 0.823. The van der Waals surface area contributed by atoms with Crippen molar-refractivity contribution in [3.63, 3.8) is 0 Å². The molecule has 0 unspecified atom stereocenters. The average Bonchev–Trinajstić information content (AvgIpc) is 2.41. The maximum atomic E-state index is 11.9. The first-order valence-corrected chi connectivity index (χ1v) is 5.96. The van der Waals surface area contributed by atoms with Crippen molar-refractivity contribution in [1.29, 1.82) is 0 Å². The molecule has 0 aliphatic rings. The Morgan fingerprint density at radius 3 is 2.53 bits per heavy atom. The maximum absolute atomic E-state index is 11.9. The number of ether oxygens (including phenoxy) is 1. The number of carbonyl (C=O) groups is 1. The summed E-state index contributed by atoms with van der Waals surface area (Å²) in [5, 5.41) is 9.18. The van der Waals surface area contributed by atoms with Crippen LogP contribution in [0.3, 0.4) is 0 Å². The van der Waals surface area contributed by atoms with Gasteiger partial charge in [-0.3, -0.25) is 4.79 Å². The summed E-state index contributed by atoms with van der Waals surface area (Å²) in [6, 6.07) is 10.2. The second kappa shape index (κ2) is 6.00. The summed E-state index contributed by atoms with van der Waals surface area (Å²) in [5.41, 5.74) is 1.78. The second-order valence-electron chi connectivity index (χ2n) is 4.27. The van der Waals surface area contributed by atoms with Crippen molar-refractivity contribution in [3.05, 3.63) is 53.7 Å². The van der Waals surface area contributed by atoms with Gasteiger partial charge in [-0.05, 0) is 29.3 Å². The maximum Gasteiger partial charge on any atom is 0.213 e. The number of phenols is 1. The Bertz CT molecular complexity index is 564. The van der Waals surface area contributed by atoms with Gasteiger partial charge in [0.1, 0.15) is 11.5 Å². The fourth-order valence-corrected chi connectivity index (χ4v) is 1.80. The lowest BCUT2D eigenvalue weighted by atomic mass is 10.0. The van der Waals surface area contributed by atoms with Crippen LogP contribution in [0, 0.1) is 0 Å². The van der Waals surface area contributed by atoms with E-state index >= 15 is 0 Å². The molecule has 1 aromatic carbocycles. The Labute approximate surface area is 111 Å². The monoisotopic (exact) mass is 257 g/mol. The molecule has 0 fully saturated rings. The SMILES string of the molecule is COc1cc(CC(=O)Cc2ccc(O)cc2)ccn1. The molecule has 0 aliphatic heterocycles. The van der Waals surface area contributed by atoms with Gasteiger partial charge in [-0.1, -0.05) is 12.1 Å². The summed E-state index contributed by atoms with van der Waals surface area (Å²) in [6.07, 6.45) is 2.33. The van der Waals surface area contributed by atoms with E-state index in [1.54, 1.807) is 49.7 Å². The molecule has 98 valence electrons. The number of Topliss-reactive ketones (excluding diaryl/α,β-unsaturated/α-hetero) is 1. The Kier molecular flexibility index (Phi) is 4.13. The zero-order valence-corrected chi connectivity index (χ0v) is 10.7. The Balaban J connectivity index is 1.99. The van der Waals surface area contributed by atoms with Gasteiger partial charge >= 0.3 is 0 Å². The molecule has 0 radical (unpaired) electrons. The number of aromatic nitrogens is 1. The van der Waals surface area contributed by atoms with Gasteiger partial charge in [0.2, 0.25) is 5.88 Å². The predicted octanol–water partition coefficient (Wildman–Crippen LogP) is 2.15. The van der Waals surface area contributed by atoms with Crippen molar-refractivity contribution in [3.8, 4) is 11.6 Å². The lowest BCUT2D eigenvalue weighted by Gasteiger charge is -2.04. The van der Waals surface area contributed by atoms with Crippen LogP contribution in [-0.4, -0.2) is 23.0 Å². The normalized spacial score (nSPS) is 10.2. The van der Waals surface area contributed by atoms with Gasteiger partial charge in [-0.25, -0.2) is 4.98 Å². The molecule has 1 aromatic heterocycles. The molecule has 0 aliphatic carbocycles. The minimum absolute atomic E-state index is 0.110. The van der Waals surface area contributed by atoms with Crippen LogP contribution in [0.5, 0.6) is 11.6 Å². The molecular formula is C15H15NO3. The first-order valence-electron chi connectivity index (χ1n) is 5.96. The first-order chi connectivity index (χ1) is 9.17. The van der Waals surface area contributed by atoms with Gasteiger partial charge in [-0.15, -0.1) is 0 Å². The number of ketones is 1. The highest BCUT2D eigenvalue weighted by atomic mass is 16.5. The molecular weight excluding hydrogens is 242 g/mol. The lowest BCUT2D eigenvalue weighted by Crippen LogP contribution is -2.06. The molecule has 0 saturated carbocycles. The van der Waals surface area contributed by atoms with E-state index < -0.39 is 0 Å². The second-order valence-corrected chi connectivity index (χ2v) is 4.27. The molecule has 2 rings (SSSR count). The summed E-state index contributed by atoms with van der Waals surface area (Å²) in [4.78, 5) is 15.9. The standard InChI is InChI=1S/C15H15NO3/c1-19-15-10-12(6-7-16-15)9-14(18)8-11-2-4-13(17)5-3-11/h2-7,10,17H,8-9H2,1H3. The third-order valence-corrected chi connectivity index (χ3v) is 2.75. The minimum Gasteiger partial charge on any atom is -0.508 e. The van der Waals surface area contributed by atoms with E-state index in [2.05, 4.69) is 4.98 Å². The van der Waals surface area contributed by atoms with Gasteiger partial charge in [0, 0.05) is 25.1 Å². The molecule has 0 spiro atoms. The van der Waals surface area contributed by atoms with Crippen molar-refractivity contribution in [1.82, 2.24) is 4.98 Å². The Hall–Kier alpha value is -2.36. The topological polar surface area (TPSA) is 59.4 Å². The van der Waals surface area contributed by atoms with Crippen LogP contribution in [0.1, 0.15) is 11.1 Å². The van der Waals surface area contributed by atoms with Gasteiger partial charge in [-0.2, -0.15) is 0 Å². The van der Waals surface area contributed by atoms with Gasteiger partial charge in [0.05, 0.1) is 7.11 Å². The molecule has 4 nitrogen and oxygen atoms in total. The van der Waals surface area contributed by atoms with Crippen LogP contribution < -0.4 is 4.74 Å². The smallest absolute Gasteiger partial charge is 0.213 e. The highest BCUT2D eigenvalue weighted by Crippen LogP contribution is 2.13. The number of pyridine rings is 1. The lowest BCUT2D eigenvalue weighted by molar-refractivity contribution is -0.117. The average molecular weight is 257 g/mol. The summed E-state index contributed by atoms with van der Waals surface area (Å²) in [7, 11) is 1.55. The summed E-state index contributed by atoms with van der Waals surface area (Å²) in [6.45, 7) is 0. The highest BCUT2D eigenvalue weighted by Gasteiger charge is 2.06. The molecule has 19 heavy (non-hydrogen) atoms. The predicted molar refractivity (Wildman–Crippen MR) is 71.3 cm³/mol. The van der Waals surface area contributed by atoms with Crippen LogP contribution in [0.15, 0.2) is 42.6 Å². The fraction of sp³-hybridized carbons (Fsp3) is 0.200. The van der Waals surface area contributed by atoms with Crippen LogP contribution in [-0.2, 0) is 17.6 Å². The molecule has 4 heteroatoms. The number of nitrogens with zero attached hydrogens (tertiary/aromatic N) is 1. The first kappa shape index (κ1) is 13.1. The van der Waals surface area contributed by atoms with E-state index in [4.69, 9.17) is 4.74 Å². The van der Waals surface area contributed by atoms with Gasteiger partial charge in [0.25, 0.3) is 0 Å². The highest BCUT2D eigenvalue weighted by molar-refractivity contribution is 5.83. The number of benzene rings is 1. The fourth-order valence-electron chi connectivity index (χ4n) is 1.80. The van der Waals surface area contributed by atoms with Crippen LogP contribution in [0.25, 0.3) is 0 Å². The van der Waals surface area contributed by atoms with E-state index in [1.807, 2.05) is 0 Å².